The predicted molar refractivity (Wildman–Crippen MR) is 66.9 cm³/mol. The molecule has 0 saturated carbocycles. The van der Waals surface area contributed by atoms with Crippen molar-refractivity contribution < 1.29 is 12.8 Å². The lowest BCUT2D eigenvalue weighted by Crippen LogP contribution is -2.15. The summed E-state index contributed by atoms with van der Waals surface area (Å²) >= 11 is 3.05. The molecule has 1 N–H and O–H groups in total. The maximum atomic E-state index is 13.6. The number of aromatic nitrogens is 2. The van der Waals surface area contributed by atoms with Gasteiger partial charge in [-0.2, -0.15) is 5.10 Å². The van der Waals surface area contributed by atoms with Crippen molar-refractivity contribution in [1.29, 1.82) is 0 Å². The first kappa shape index (κ1) is 12.9. The molecule has 2 aromatic rings. The number of nitrogens with zero attached hydrogens (tertiary/aromatic N) is 2. The van der Waals surface area contributed by atoms with Crippen LogP contribution >= 0.6 is 15.9 Å². The van der Waals surface area contributed by atoms with Gasteiger partial charge in [0.15, 0.2) is 5.82 Å². The summed E-state index contributed by atoms with van der Waals surface area (Å²) in [6, 6.07) is 6.61. The molecule has 0 atom stereocenters. The van der Waals surface area contributed by atoms with Crippen molar-refractivity contribution in [3.8, 4) is 0 Å². The van der Waals surface area contributed by atoms with Crippen molar-refractivity contribution in [2.45, 2.75) is 4.90 Å². The molecule has 0 saturated heterocycles. The van der Waals surface area contributed by atoms with Gasteiger partial charge in [0.25, 0.3) is 10.0 Å². The van der Waals surface area contributed by atoms with Gasteiger partial charge in [0, 0.05) is 10.7 Å². The fraction of sp³-hybridized carbons (Fsp3) is 0. The maximum absolute atomic E-state index is 13.6. The monoisotopic (exact) mass is 331 g/mol. The van der Waals surface area contributed by atoms with Crippen LogP contribution in [-0.4, -0.2) is 18.6 Å². The fourth-order valence-electron chi connectivity index (χ4n) is 1.24. The molecule has 94 valence electrons. The Balaban J connectivity index is 2.37. The van der Waals surface area contributed by atoms with Crippen LogP contribution in [0.5, 0.6) is 0 Å². The molecule has 0 fully saturated rings. The van der Waals surface area contributed by atoms with Gasteiger partial charge < -0.3 is 0 Å². The van der Waals surface area contributed by atoms with Crippen LogP contribution in [0.2, 0.25) is 0 Å². The van der Waals surface area contributed by atoms with E-state index in [1.54, 1.807) is 0 Å². The zero-order chi connectivity index (χ0) is 13.2. The van der Waals surface area contributed by atoms with Crippen LogP contribution in [0, 0.1) is 5.82 Å². The van der Waals surface area contributed by atoms with Crippen molar-refractivity contribution in [3.63, 3.8) is 0 Å². The molecule has 0 aliphatic rings. The topological polar surface area (TPSA) is 72.0 Å². The summed E-state index contributed by atoms with van der Waals surface area (Å²) < 4.78 is 40.0. The largest absolute Gasteiger partial charge is 0.266 e. The zero-order valence-electron chi connectivity index (χ0n) is 8.84. The average Bonchev–Trinajstić information content (AvgIpc) is 2.29. The zero-order valence-corrected chi connectivity index (χ0v) is 11.2. The SMILES string of the molecule is O=S(=O)(Nc1cccnn1)c1ccc(Br)cc1F. The van der Waals surface area contributed by atoms with E-state index >= 15 is 0 Å². The lowest BCUT2D eigenvalue weighted by molar-refractivity contribution is 0.569. The molecule has 0 radical (unpaired) electrons. The van der Waals surface area contributed by atoms with Crippen LogP contribution in [0.1, 0.15) is 0 Å². The summed E-state index contributed by atoms with van der Waals surface area (Å²) in [5, 5.41) is 7.09. The molecular formula is C10H7BrFN3O2S. The van der Waals surface area contributed by atoms with E-state index in [0.717, 1.165) is 12.1 Å². The quantitative estimate of drug-likeness (QED) is 0.935. The van der Waals surface area contributed by atoms with Crippen molar-refractivity contribution in [2.24, 2.45) is 0 Å². The highest BCUT2D eigenvalue weighted by Gasteiger charge is 2.19. The van der Waals surface area contributed by atoms with Crippen molar-refractivity contribution in [1.82, 2.24) is 10.2 Å². The lowest BCUT2D eigenvalue weighted by Gasteiger charge is -2.07. The Morgan fingerprint density at radius 2 is 2.06 bits per heavy atom. The van der Waals surface area contributed by atoms with Crippen molar-refractivity contribution >= 4 is 31.8 Å². The van der Waals surface area contributed by atoms with Crippen LogP contribution in [-0.2, 0) is 10.0 Å². The number of halogens is 2. The number of hydrogen-bond donors (Lipinski definition) is 1. The Morgan fingerprint density at radius 1 is 1.28 bits per heavy atom. The van der Waals surface area contributed by atoms with Gasteiger partial charge in [-0.05, 0) is 30.3 Å². The van der Waals surface area contributed by atoms with E-state index < -0.39 is 20.7 Å². The second-order valence-corrected chi connectivity index (χ2v) is 5.86. The van der Waals surface area contributed by atoms with Gasteiger partial charge in [0.05, 0.1) is 0 Å². The number of hydrogen-bond acceptors (Lipinski definition) is 4. The van der Waals surface area contributed by atoms with Gasteiger partial charge in [0.2, 0.25) is 0 Å². The van der Waals surface area contributed by atoms with Gasteiger partial charge in [-0.25, -0.2) is 12.8 Å². The van der Waals surface area contributed by atoms with Crippen molar-refractivity contribution in [2.75, 3.05) is 4.72 Å². The van der Waals surface area contributed by atoms with Gasteiger partial charge in [-0.3, -0.25) is 4.72 Å². The first-order chi connectivity index (χ1) is 8.49. The summed E-state index contributed by atoms with van der Waals surface area (Å²) in [7, 11) is -4.01. The molecule has 5 nitrogen and oxygen atoms in total. The highest BCUT2D eigenvalue weighted by atomic mass is 79.9. The van der Waals surface area contributed by atoms with Crippen LogP contribution in [0.4, 0.5) is 10.2 Å². The molecule has 1 heterocycles. The first-order valence-corrected chi connectivity index (χ1v) is 7.02. The van der Waals surface area contributed by atoms with Gasteiger partial charge in [-0.1, -0.05) is 15.9 Å². The van der Waals surface area contributed by atoms with E-state index in [-0.39, 0.29) is 5.82 Å². The molecule has 2 rings (SSSR count). The summed E-state index contributed by atoms with van der Waals surface area (Å²) in [5.41, 5.74) is 0. The Morgan fingerprint density at radius 3 is 2.67 bits per heavy atom. The Bertz CT molecular complexity index is 664. The molecule has 0 bridgehead atoms. The smallest absolute Gasteiger partial charge is 0.262 e. The van der Waals surface area contributed by atoms with Crippen LogP contribution in [0.15, 0.2) is 45.9 Å². The molecule has 0 aliphatic carbocycles. The molecule has 0 unspecified atom stereocenters. The summed E-state index contributed by atoms with van der Waals surface area (Å²) in [6.07, 6.45) is 1.40. The average molecular weight is 332 g/mol. The lowest BCUT2D eigenvalue weighted by atomic mass is 10.3. The molecule has 1 aromatic carbocycles. The van der Waals surface area contributed by atoms with Crippen LogP contribution in [0.25, 0.3) is 0 Å². The van der Waals surface area contributed by atoms with Gasteiger partial charge in [0.1, 0.15) is 10.7 Å². The number of nitrogens with one attached hydrogen (secondary N) is 1. The molecule has 1 aromatic heterocycles. The number of benzene rings is 1. The first-order valence-electron chi connectivity index (χ1n) is 4.74. The van der Waals surface area contributed by atoms with E-state index in [1.807, 2.05) is 0 Å². The highest BCUT2D eigenvalue weighted by molar-refractivity contribution is 9.10. The number of anilines is 1. The molecule has 0 spiro atoms. The molecular weight excluding hydrogens is 325 g/mol. The third kappa shape index (κ3) is 2.82. The minimum absolute atomic E-state index is 0.0276. The molecule has 8 heteroatoms. The normalized spacial score (nSPS) is 11.2. The summed E-state index contributed by atoms with van der Waals surface area (Å²) in [5.74, 6) is -0.819. The third-order valence-electron chi connectivity index (χ3n) is 1.99. The Hall–Kier alpha value is -1.54. The highest BCUT2D eigenvalue weighted by Crippen LogP contribution is 2.21. The maximum Gasteiger partial charge on any atom is 0.266 e. The van der Waals surface area contributed by atoms with E-state index in [9.17, 15) is 12.8 Å². The fourth-order valence-corrected chi connectivity index (χ4v) is 2.63. The standard InChI is InChI=1S/C10H7BrFN3O2S/c11-7-3-4-9(8(12)6-7)18(16,17)15-10-2-1-5-13-14-10/h1-6H,(H,14,15). The van der Waals surface area contributed by atoms with Gasteiger partial charge >= 0.3 is 0 Å². The van der Waals surface area contributed by atoms with Crippen molar-refractivity contribution in [3.05, 3.63) is 46.8 Å². The second-order valence-electron chi connectivity index (χ2n) is 3.29. The van der Waals surface area contributed by atoms with E-state index in [2.05, 4.69) is 30.8 Å². The summed E-state index contributed by atoms with van der Waals surface area (Å²) in [4.78, 5) is -0.448. The number of sulfonamides is 1. The van der Waals surface area contributed by atoms with Gasteiger partial charge in [-0.15, -0.1) is 5.10 Å². The molecule has 18 heavy (non-hydrogen) atoms. The van der Waals surface area contributed by atoms with Crippen LogP contribution in [0.3, 0.4) is 0 Å². The van der Waals surface area contributed by atoms with Crippen LogP contribution < -0.4 is 4.72 Å². The van der Waals surface area contributed by atoms with E-state index in [1.165, 1.54) is 24.4 Å². The minimum atomic E-state index is -4.01. The predicted octanol–water partition coefficient (Wildman–Crippen LogP) is 2.18. The molecule has 0 aliphatic heterocycles. The third-order valence-corrected chi connectivity index (χ3v) is 3.88. The number of rotatable bonds is 3. The second kappa shape index (κ2) is 4.99. The minimum Gasteiger partial charge on any atom is -0.262 e. The molecule has 0 amide bonds. The van der Waals surface area contributed by atoms with E-state index in [4.69, 9.17) is 0 Å². The Kier molecular flexibility index (Phi) is 3.58. The Labute approximate surface area is 111 Å². The summed E-state index contributed by atoms with van der Waals surface area (Å²) in [6.45, 7) is 0. The van der Waals surface area contributed by atoms with E-state index in [0.29, 0.717) is 4.47 Å².